The summed E-state index contributed by atoms with van der Waals surface area (Å²) in [5, 5.41) is 7.88. The zero-order valence-electron chi connectivity index (χ0n) is 13.2. The van der Waals surface area contributed by atoms with Crippen molar-refractivity contribution >= 4 is 21.6 Å². The average Bonchev–Trinajstić information content (AvgIpc) is 3.01. The number of nitrogens with one attached hydrogen (secondary N) is 1. The highest BCUT2D eigenvalue weighted by Gasteiger charge is 2.18. The molecule has 0 aliphatic heterocycles. The third-order valence-corrected chi connectivity index (χ3v) is 5.02. The summed E-state index contributed by atoms with van der Waals surface area (Å²) in [5.74, 6) is -0.164. The SMILES string of the molecule is COc1ccc(NC(=O)c2ccc3c(c2)CCC3)cc1S(N)(=O)=O. The van der Waals surface area contributed by atoms with Crippen LogP contribution >= 0.6 is 0 Å². The van der Waals surface area contributed by atoms with Gasteiger partial charge in [0.25, 0.3) is 5.91 Å². The van der Waals surface area contributed by atoms with Gasteiger partial charge in [-0.3, -0.25) is 4.79 Å². The lowest BCUT2D eigenvalue weighted by Crippen LogP contribution is -2.16. The number of ether oxygens (including phenoxy) is 1. The molecule has 0 aromatic heterocycles. The molecule has 0 saturated heterocycles. The summed E-state index contributed by atoms with van der Waals surface area (Å²) >= 11 is 0. The number of rotatable bonds is 4. The quantitative estimate of drug-likeness (QED) is 0.885. The van der Waals surface area contributed by atoms with Gasteiger partial charge in [-0.15, -0.1) is 0 Å². The number of fused-ring (bicyclic) bond motifs is 1. The van der Waals surface area contributed by atoms with Gasteiger partial charge in [0.05, 0.1) is 7.11 Å². The van der Waals surface area contributed by atoms with Gasteiger partial charge in [0.2, 0.25) is 10.0 Å². The molecule has 0 spiro atoms. The summed E-state index contributed by atoms with van der Waals surface area (Å²) < 4.78 is 28.3. The van der Waals surface area contributed by atoms with Crippen LogP contribution in [0.3, 0.4) is 0 Å². The van der Waals surface area contributed by atoms with E-state index in [1.807, 2.05) is 12.1 Å². The largest absolute Gasteiger partial charge is 0.495 e. The van der Waals surface area contributed by atoms with Crippen molar-refractivity contribution in [3.8, 4) is 5.75 Å². The van der Waals surface area contributed by atoms with Crippen LogP contribution in [0, 0.1) is 0 Å². The number of methoxy groups -OCH3 is 1. The first-order valence-electron chi connectivity index (χ1n) is 7.52. The third-order valence-electron chi connectivity index (χ3n) is 4.09. The average molecular weight is 346 g/mol. The van der Waals surface area contributed by atoms with Gasteiger partial charge >= 0.3 is 0 Å². The molecule has 0 atom stereocenters. The van der Waals surface area contributed by atoms with Gasteiger partial charge in [-0.1, -0.05) is 6.07 Å². The smallest absolute Gasteiger partial charge is 0.255 e. The zero-order valence-corrected chi connectivity index (χ0v) is 14.0. The van der Waals surface area contributed by atoms with E-state index in [4.69, 9.17) is 9.88 Å². The molecule has 1 aliphatic rings. The van der Waals surface area contributed by atoms with Crippen molar-refractivity contribution in [1.82, 2.24) is 0 Å². The molecule has 1 aliphatic carbocycles. The molecular formula is C17H18N2O4S. The minimum atomic E-state index is -3.95. The Morgan fingerprint density at radius 1 is 1.12 bits per heavy atom. The number of nitrogens with two attached hydrogens (primary N) is 1. The fourth-order valence-electron chi connectivity index (χ4n) is 2.89. The van der Waals surface area contributed by atoms with Gasteiger partial charge in [-0.25, -0.2) is 13.6 Å². The highest BCUT2D eigenvalue weighted by atomic mass is 32.2. The number of sulfonamides is 1. The van der Waals surface area contributed by atoms with Gasteiger partial charge in [-0.05, 0) is 60.7 Å². The van der Waals surface area contributed by atoms with Crippen molar-refractivity contribution in [1.29, 1.82) is 0 Å². The lowest BCUT2D eigenvalue weighted by molar-refractivity contribution is 0.102. The first-order chi connectivity index (χ1) is 11.4. The number of hydrogen-bond donors (Lipinski definition) is 2. The monoisotopic (exact) mass is 346 g/mol. The second-order valence-electron chi connectivity index (χ2n) is 5.70. The molecule has 6 nitrogen and oxygen atoms in total. The van der Waals surface area contributed by atoms with E-state index in [2.05, 4.69) is 5.32 Å². The normalized spacial score (nSPS) is 13.4. The standard InChI is InChI=1S/C17H18N2O4S/c1-23-15-8-7-14(10-16(15)24(18,21)22)19-17(20)13-6-5-11-3-2-4-12(11)9-13/h5-10H,2-4H2,1H3,(H,19,20)(H2,18,21,22). The second kappa shape index (κ2) is 6.26. The minimum Gasteiger partial charge on any atom is -0.495 e. The molecule has 3 rings (SSSR count). The van der Waals surface area contributed by atoms with Crippen molar-refractivity contribution < 1.29 is 17.9 Å². The van der Waals surface area contributed by atoms with E-state index < -0.39 is 10.0 Å². The minimum absolute atomic E-state index is 0.132. The van der Waals surface area contributed by atoms with Gasteiger partial charge in [0, 0.05) is 11.3 Å². The van der Waals surface area contributed by atoms with Crippen molar-refractivity contribution in [2.45, 2.75) is 24.2 Å². The van der Waals surface area contributed by atoms with E-state index >= 15 is 0 Å². The Kier molecular flexibility index (Phi) is 4.29. The molecule has 0 fully saturated rings. The second-order valence-corrected chi connectivity index (χ2v) is 7.23. The maximum absolute atomic E-state index is 12.4. The first-order valence-corrected chi connectivity index (χ1v) is 9.07. The Labute approximate surface area is 140 Å². The highest BCUT2D eigenvalue weighted by Crippen LogP contribution is 2.27. The number of anilines is 1. The highest BCUT2D eigenvalue weighted by molar-refractivity contribution is 7.89. The number of carbonyl (C=O) groups excluding carboxylic acids is 1. The number of amides is 1. The van der Waals surface area contributed by atoms with Crippen LogP contribution in [0.4, 0.5) is 5.69 Å². The number of benzene rings is 2. The molecule has 0 radical (unpaired) electrons. The molecule has 24 heavy (non-hydrogen) atoms. The summed E-state index contributed by atoms with van der Waals surface area (Å²) in [5.41, 5.74) is 3.36. The van der Waals surface area contributed by atoms with Crippen LogP contribution in [-0.4, -0.2) is 21.4 Å². The van der Waals surface area contributed by atoms with Crippen LogP contribution in [0.25, 0.3) is 0 Å². The van der Waals surface area contributed by atoms with Crippen molar-refractivity contribution in [3.63, 3.8) is 0 Å². The summed E-state index contributed by atoms with van der Waals surface area (Å²) in [7, 11) is -2.60. The summed E-state index contributed by atoms with van der Waals surface area (Å²) in [6.07, 6.45) is 3.14. The number of hydrogen-bond acceptors (Lipinski definition) is 4. The van der Waals surface area contributed by atoms with E-state index in [9.17, 15) is 13.2 Å². The molecule has 7 heteroatoms. The topological polar surface area (TPSA) is 98.5 Å². The summed E-state index contributed by atoms with van der Waals surface area (Å²) in [6.45, 7) is 0. The van der Waals surface area contributed by atoms with E-state index in [1.165, 1.54) is 30.4 Å². The molecular weight excluding hydrogens is 328 g/mol. The maximum Gasteiger partial charge on any atom is 0.255 e. The number of primary sulfonamides is 1. The fraction of sp³-hybridized carbons (Fsp3) is 0.235. The fourth-order valence-corrected chi connectivity index (χ4v) is 3.62. The number of aryl methyl sites for hydroxylation is 2. The lowest BCUT2D eigenvalue weighted by Gasteiger charge is -2.11. The molecule has 1 amide bonds. The molecule has 126 valence electrons. The maximum atomic E-state index is 12.4. The molecule has 0 unspecified atom stereocenters. The molecule has 0 saturated carbocycles. The zero-order chi connectivity index (χ0) is 17.3. The van der Waals surface area contributed by atoms with Crippen LogP contribution in [-0.2, 0) is 22.9 Å². The van der Waals surface area contributed by atoms with Crippen molar-refractivity contribution in [2.24, 2.45) is 5.14 Å². The molecule has 0 bridgehead atoms. The first kappa shape index (κ1) is 16.5. The molecule has 3 N–H and O–H groups in total. The third kappa shape index (κ3) is 3.27. The Hall–Kier alpha value is -2.38. The predicted molar refractivity (Wildman–Crippen MR) is 90.8 cm³/mol. The van der Waals surface area contributed by atoms with Crippen LogP contribution in [0.1, 0.15) is 27.9 Å². The van der Waals surface area contributed by atoms with E-state index in [-0.39, 0.29) is 16.6 Å². The molecule has 2 aromatic rings. The van der Waals surface area contributed by atoms with Crippen LogP contribution in [0.5, 0.6) is 5.75 Å². The predicted octanol–water partition coefficient (Wildman–Crippen LogP) is 2.08. The van der Waals surface area contributed by atoms with Crippen LogP contribution in [0.15, 0.2) is 41.3 Å². The van der Waals surface area contributed by atoms with E-state index in [0.717, 1.165) is 19.3 Å². The Morgan fingerprint density at radius 2 is 1.88 bits per heavy atom. The van der Waals surface area contributed by atoms with E-state index in [1.54, 1.807) is 12.1 Å². The van der Waals surface area contributed by atoms with Crippen LogP contribution < -0.4 is 15.2 Å². The Bertz CT molecular complexity index is 907. The van der Waals surface area contributed by atoms with E-state index in [0.29, 0.717) is 11.3 Å². The van der Waals surface area contributed by atoms with Gasteiger partial charge in [-0.2, -0.15) is 0 Å². The Balaban J connectivity index is 1.87. The van der Waals surface area contributed by atoms with Crippen molar-refractivity contribution in [2.75, 3.05) is 12.4 Å². The van der Waals surface area contributed by atoms with Gasteiger partial charge in [0.1, 0.15) is 10.6 Å². The summed E-state index contributed by atoms with van der Waals surface area (Å²) in [6, 6.07) is 9.96. The number of carbonyl (C=O) groups is 1. The van der Waals surface area contributed by atoms with Gasteiger partial charge in [0.15, 0.2) is 0 Å². The van der Waals surface area contributed by atoms with Gasteiger partial charge < -0.3 is 10.1 Å². The van der Waals surface area contributed by atoms with Crippen LogP contribution in [0.2, 0.25) is 0 Å². The summed E-state index contributed by atoms with van der Waals surface area (Å²) in [4.78, 5) is 12.2. The molecule has 0 heterocycles. The Morgan fingerprint density at radius 3 is 2.58 bits per heavy atom. The van der Waals surface area contributed by atoms with Crippen molar-refractivity contribution in [3.05, 3.63) is 53.1 Å². The molecule has 2 aromatic carbocycles. The lowest BCUT2D eigenvalue weighted by atomic mass is 10.1.